The third-order valence-corrected chi connectivity index (χ3v) is 3.65. The molecule has 2 rings (SSSR count). The first-order chi connectivity index (χ1) is 8.79. The summed E-state index contributed by atoms with van der Waals surface area (Å²) in [4.78, 5) is 4.34. The van der Waals surface area contributed by atoms with Crippen molar-refractivity contribution in [1.29, 1.82) is 0 Å². The predicted molar refractivity (Wildman–Crippen MR) is 73.8 cm³/mol. The second kappa shape index (κ2) is 6.74. The fourth-order valence-electron chi connectivity index (χ4n) is 2.21. The Hall–Kier alpha value is -1.09. The number of hydrogen-bond acceptors (Lipinski definition) is 3. The number of hydrogen-bond donors (Lipinski definition) is 1. The molecule has 0 aliphatic heterocycles. The van der Waals surface area contributed by atoms with Crippen molar-refractivity contribution in [3.8, 4) is 5.75 Å². The molecule has 3 nitrogen and oxygen atoms in total. The molecule has 0 radical (unpaired) electrons. The van der Waals surface area contributed by atoms with Crippen molar-refractivity contribution in [2.75, 3.05) is 13.2 Å². The average molecular weight is 248 g/mol. The summed E-state index contributed by atoms with van der Waals surface area (Å²) < 4.78 is 5.94. The van der Waals surface area contributed by atoms with Gasteiger partial charge in [0.15, 0.2) is 0 Å². The molecule has 0 bridgehead atoms. The molecule has 1 aliphatic rings. The van der Waals surface area contributed by atoms with Crippen LogP contribution in [0.15, 0.2) is 12.3 Å². The lowest BCUT2D eigenvalue weighted by atomic mass is 9.83. The van der Waals surface area contributed by atoms with Crippen molar-refractivity contribution in [3.05, 3.63) is 23.5 Å². The first-order valence-corrected chi connectivity index (χ1v) is 7.08. The van der Waals surface area contributed by atoms with Gasteiger partial charge in [0.25, 0.3) is 0 Å². The maximum absolute atomic E-state index is 5.94. The second-order valence-corrected chi connectivity index (χ2v) is 5.15. The van der Waals surface area contributed by atoms with Gasteiger partial charge >= 0.3 is 0 Å². The van der Waals surface area contributed by atoms with Gasteiger partial charge in [-0.3, -0.25) is 4.98 Å². The number of rotatable bonds is 7. The molecule has 1 fully saturated rings. The van der Waals surface area contributed by atoms with Gasteiger partial charge in [-0.1, -0.05) is 26.2 Å². The molecule has 1 aromatic heterocycles. The van der Waals surface area contributed by atoms with Gasteiger partial charge in [-0.05, 0) is 25.8 Å². The number of aryl methyl sites for hydroxylation is 1. The van der Waals surface area contributed by atoms with Crippen molar-refractivity contribution in [2.45, 2.75) is 46.1 Å². The van der Waals surface area contributed by atoms with Gasteiger partial charge in [-0.2, -0.15) is 0 Å². The molecule has 1 heterocycles. The van der Waals surface area contributed by atoms with Crippen LogP contribution < -0.4 is 10.1 Å². The van der Waals surface area contributed by atoms with E-state index in [0.717, 1.165) is 42.6 Å². The van der Waals surface area contributed by atoms with E-state index in [1.807, 2.05) is 19.2 Å². The molecule has 0 amide bonds. The van der Waals surface area contributed by atoms with Gasteiger partial charge in [-0.15, -0.1) is 0 Å². The molecule has 0 atom stereocenters. The Labute approximate surface area is 110 Å². The van der Waals surface area contributed by atoms with Gasteiger partial charge < -0.3 is 10.1 Å². The summed E-state index contributed by atoms with van der Waals surface area (Å²) in [7, 11) is 0. The smallest absolute Gasteiger partial charge is 0.127 e. The summed E-state index contributed by atoms with van der Waals surface area (Å²) in [6, 6.07) is 2.05. The molecule has 18 heavy (non-hydrogen) atoms. The van der Waals surface area contributed by atoms with Gasteiger partial charge in [0, 0.05) is 30.1 Å². The van der Waals surface area contributed by atoms with Gasteiger partial charge in [0.1, 0.15) is 5.75 Å². The van der Waals surface area contributed by atoms with Crippen molar-refractivity contribution in [1.82, 2.24) is 10.3 Å². The summed E-state index contributed by atoms with van der Waals surface area (Å²) in [6.45, 7) is 6.76. The van der Waals surface area contributed by atoms with Crippen molar-refractivity contribution in [2.24, 2.45) is 5.92 Å². The minimum absolute atomic E-state index is 0.836. The Morgan fingerprint density at radius 3 is 2.94 bits per heavy atom. The maximum Gasteiger partial charge on any atom is 0.127 e. The standard InChI is InChI=1S/C15H24N2O/c1-3-16-10-14-11-17-12(2)9-15(14)18-8-7-13-5-4-6-13/h9,11,13,16H,3-8,10H2,1-2H3. The van der Waals surface area contributed by atoms with E-state index in [4.69, 9.17) is 4.74 Å². The zero-order valence-electron chi connectivity index (χ0n) is 11.5. The molecule has 1 saturated carbocycles. The van der Waals surface area contributed by atoms with Crippen molar-refractivity contribution in [3.63, 3.8) is 0 Å². The Bertz CT molecular complexity index is 375. The lowest BCUT2D eigenvalue weighted by Crippen LogP contribution is -2.16. The molecule has 0 saturated heterocycles. The van der Waals surface area contributed by atoms with E-state index in [1.165, 1.54) is 25.7 Å². The molecule has 1 N–H and O–H groups in total. The molecule has 0 unspecified atom stereocenters. The lowest BCUT2D eigenvalue weighted by Gasteiger charge is -2.25. The van der Waals surface area contributed by atoms with E-state index in [9.17, 15) is 0 Å². The van der Waals surface area contributed by atoms with E-state index >= 15 is 0 Å². The minimum Gasteiger partial charge on any atom is -0.493 e. The Morgan fingerprint density at radius 1 is 1.44 bits per heavy atom. The summed E-state index contributed by atoms with van der Waals surface area (Å²) >= 11 is 0. The maximum atomic E-state index is 5.94. The number of ether oxygens (including phenoxy) is 1. The van der Waals surface area contributed by atoms with E-state index in [0.29, 0.717) is 0 Å². The summed E-state index contributed by atoms with van der Waals surface area (Å²) in [5.41, 5.74) is 2.19. The predicted octanol–water partition coefficient (Wildman–Crippen LogP) is 3.07. The van der Waals surface area contributed by atoms with E-state index in [-0.39, 0.29) is 0 Å². The molecule has 1 aromatic rings. The highest BCUT2D eigenvalue weighted by Crippen LogP contribution is 2.29. The van der Waals surface area contributed by atoms with Crippen LogP contribution in [0.2, 0.25) is 0 Å². The molecule has 0 aromatic carbocycles. The number of nitrogens with zero attached hydrogens (tertiary/aromatic N) is 1. The van der Waals surface area contributed by atoms with Crippen LogP contribution in [0.1, 0.15) is 43.9 Å². The lowest BCUT2D eigenvalue weighted by molar-refractivity contribution is 0.220. The molecule has 100 valence electrons. The highest BCUT2D eigenvalue weighted by atomic mass is 16.5. The zero-order chi connectivity index (χ0) is 12.8. The Morgan fingerprint density at radius 2 is 2.28 bits per heavy atom. The van der Waals surface area contributed by atoms with Gasteiger partial charge in [0.05, 0.1) is 6.61 Å². The highest BCUT2D eigenvalue weighted by molar-refractivity contribution is 5.32. The average Bonchev–Trinajstić information content (AvgIpc) is 2.31. The van der Waals surface area contributed by atoms with Gasteiger partial charge in [0.2, 0.25) is 0 Å². The topological polar surface area (TPSA) is 34.2 Å². The third kappa shape index (κ3) is 3.70. The minimum atomic E-state index is 0.836. The zero-order valence-corrected chi connectivity index (χ0v) is 11.5. The number of aromatic nitrogens is 1. The van der Waals surface area contributed by atoms with Crippen LogP contribution in [0.4, 0.5) is 0 Å². The van der Waals surface area contributed by atoms with Crippen LogP contribution in [0.5, 0.6) is 5.75 Å². The normalized spacial score (nSPS) is 15.4. The monoisotopic (exact) mass is 248 g/mol. The second-order valence-electron chi connectivity index (χ2n) is 5.15. The summed E-state index contributed by atoms with van der Waals surface area (Å²) in [5.74, 6) is 1.91. The van der Waals surface area contributed by atoms with Gasteiger partial charge in [-0.25, -0.2) is 0 Å². The highest BCUT2D eigenvalue weighted by Gasteiger charge is 2.17. The van der Waals surface area contributed by atoms with Crippen LogP contribution >= 0.6 is 0 Å². The Kier molecular flexibility index (Phi) is 5.00. The van der Waals surface area contributed by atoms with Crippen LogP contribution in [0, 0.1) is 12.8 Å². The SMILES string of the molecule is CCNCc1cnc(C)cc1OCCC1CCC1. The summed E-state index contributed by atoms with van der Waals surface area (Å²) in [5, 5.41) is 3.33. The number of nitrogens with one attached hydrogen (secondary N) is 1. The van der Waals surface area contributed by atoms with E-state index < -0.39 is 0 Å². The quantitative estimate of drug-likeness (QED) is 0.805. The first kappa shape index (κ1) is 13.3. The summed E-state index contributed by atoms with van der Waals surface area (Å²) in [6.07, 6.45) is 7.31. The van der Waals surface area contributed by atoms with Crippen LogP contribution in [0.3, 0.4) is 0 Å². The van der Waals surface area contributed by atoms with Crippen LogP contribution in [-0.2, 0) is 6.54 Å². The molecule has 3 heteroatoms. The molecule has 0 spiro atoms. The third-order valence-electron chi connectivity index (χ3n) is 3.65. The molecule has 1 aliphatic carbocycles. The number of pyridine rings is 1. The molecular weight excluding hydrogens is 224 g/mol. The first-order valence-electron chi connectivity index (χ1n) is 7.08. The molecular formula is C15H24N2O. The fourth-order valence-corrected chi connectivity index (χ4v) is 2.21. The van der Waals surface area contributed by atoms with E-state index in [2.05, 4.69) is 17.2 Å². The van der Waals surface area contributed by atoms with E-state index in [1.54, 1.807) is 0 Å². The Balaban J connectivity index is 1.88. The largest absolute Gasteiger partial charge is 0.493 e. The van der Waals surface area contributed by atoms with Crippen molar-refractivity contribution < 1.29 is 4.74 Å². The van der Waals surface area contributed by atoms with Crippen molar-refractivity contribution >= 4 is 0 Å². The van der Waals surface area contributed by atoms with Crippen LogP contribution in [-0.4, -0.2) is 18.1 Å². The van der Waals surface area contributed by atoms with Crippen LogP contribution in [0.25, 0.3) is 0 Å². The fraction of sp³-hybridized carbons (Fsp3) is 0.667.